The highest BCUT2D eigenvalue weighted by Crippen LogP contribution is 2.26. The molecule has 182 valence electrons. The molecule has 0 spiro atoms. The third kappa shape index (κ3) is 5.65. The molecule has 35 heavy (non-hydrogen) atoms. The fourth-order valence-electron chi connectivity index (χ4n) is 3.89. The van der Waals surface area contributed by atoms with Crippen LogP contribution in [0, 0.1) is 0 Å². The lowest BCUT2D eigenvalue weighted by Crippen LogP contribution is -2.44. The second-order valence-electron chi connectivity index (χ2n) is 8.29. The first-order valence-corrected chi connectivity index (χ1v) is 11.6. The van der Waals surface area contributed by atoms with E-state index in [1.807, 2.05) is 0 Å². The SMILES string of the molecule is CCCCCn1nc(C(=O)NNC(=O)COc2ccc3c(c2)CCC(=O)N3)c2ccccc2c1=O. The van der Waals surface area contributed by atoms with E-state index in [4.69, 9.17) is 4.74 Å². The third-order valence-corrected chi connectivity index (χ3v) is 5.71. The number of nitrogens with zero attached hydrogens (tertiary/aromatic N) is 2. The van der Waals surface area contributed by atoms with Crippen molar-refractivity contribution in [3.8, 4) is 5.75 Å². The minimum absolute atomic E-state index is 0.0278. The summed E-state index contributed by atoms with van der Waals surface area (Å²) in [6.45, 7) is 2.14. The van der Waals surface area contributed by atoms with Crippen molar-refractivity contribution < 1.29 is 19.1 Å². The van der Waals surface area contributed by atoms with Gasteiger partial charge in [-0.05, 0) is 42.7 Å². The van der Waals surface area contributed by atoms with Gasteiger partial charge in [-0.3, -0.25) is 30.0 Å². The minimum Gasteiger partial charge on any atom is -0.484 e. The molecule has 0 bridgehead atoms. The van der Waals surface area contributed by atoms with Crippen molar-refractivity contribution in [3.05, 3.63) is 64.1 Å². The predicted octanol–water partition coefficient (Wildman–Crippen LogP) is 2.31. The number of amides is 3. The maximum atomic E-state index is 12.8. The van der Waals surface area contributed by atoms with Gasteiger partial charge in [-0.1, -0.05) is 38.0 Å². The van der Waals surface area contributed by atoms with Crippen LogP contribution < -0.4 is 26.5 Å². The molecule has 4 rings (SSSR count). The van der Waals surface area contributed by atoms with Gasteiger partial charge in [0, 0.05) is 24.0 Å². The molecule has 0 fully saturated rings. The van der Waals surface area contributed by atoms with Gasteiger partial charge in [-0.25, -0.2) is 4.68 Å². The lowest BCUT2D eigenvalue weighted by atomic mass is 10.0. The molecule has 0 saturated carbocycles. The van der Waals surface area contributed by atoms with E-state index < -0.39 is 11.8 Å². The van der Waals surface area contributed by atoms with Crippen molar-refractivity contribution in [2.24, 2.45) is 0 Å². The molecule has 1 aliphatic rings. The van der Waals surface area contributed by atoms with Crippen molar-refractivity contribution in [1.29, 1.82) is 0 Å². The van der Waals surface area contributed by atoms with E-state index in [0.29, 0.717) is 35.9 Å². The van der Waals surface area contributed by atoms with Crippen LogP contribution >= 0.6 is 0 Å². The van der Waals surface area contributed by atoms with Crippen LogP contribution in [0.25, 0.3) is 10.8 Å². The Hall–Kier alpha value is -4.21. The summed E-state index contributed by atoms with van der Waals surface area (Å²) in [5, 5.41) is 7.86. The van der Waals surface area contributed by atoms with Crippen LogP contribution in [-0.4, -0.2) is 34.1 Å². The number of unbranched alkanes of at least 4 members (excludes halogenated alkanes) is 2. The van der Waals surface area contributed by atoms with Crippen LogP contribution in [-0.2, 0) is 22.6 Å². The number of carbonyl (C=O) groups excluding carboxylic acids is 3. The normalized spacial score (nSPS) is 12.5. The van der Waals surface area contributed by atoms with Crippen molar-refractivity contribution >= 4 is 34.2 Å². The number of hydrazine groups is 1. The van der Waals surface area contributed by atoms with Crippen molar-refractivity contribution in [3.63, 3.8) is 0 Å². The fourth-order valence-corrected chi connectivity index (χ4v) is 3.89. The molecule has 0 aliphatic carbocycles. The summed E-state index contributed by atoms with van der Waals surface area (Å²) in [5.41, 5.74) is 6.14. The van der Waals surface area contributed by atoms with Crippen LogP contribution in [0.5, 0.6) is 5.75 Å². The quantitative estimate of drug-likeness (QED) is 0.337. The van der Waals surface area contributed by atoms with E-state index in [1.54, 1.807) is 42.5 Å². The maximum Gasteiger partial charge on any atom is 0.290 e. The number of ether oxygens (including phenoxy) is 1. The molecule has 1 aliphatic heterocycles. The van der Waals surface area contributed by atoms with E-state index in [2.05, 4.69) is 28.2 Å². The summed E-state index contributed by atoms with van der Waals surface area (Å²) in [6.07, 6.45) is 3.70. The van der Waals surface area contributed by atoms with Gasteiger partial charge in [0.1, 0.15) is 5.75 Å². The molecule has 0 atom stereocenters. The molecule has 0 radical (unpaired) electrons. The monoisotopic (exact) mass is 477 g/mol. The molecule has 0 unspecified atom stereocenters. The maximum absolute atomic E-state index is 12.8. The van der Waals surface area contributed by atoms with Gasteiger partial charge in [0.15, 0.2) is 12.3 Å². The summed E-state index contributed by atoms with van der Waals surface area (Å²) in [4.78, 5) is 49.3. The van der Waals surface area contributed by atoms with Gasteiger partial charge >= 0.3 is 0 Å². The first-order valence-electron chi connectivity index (χ1n) is 11.6. The molecule has 1 aromatic heterocycles. The molecule has 10 heteroatoms. The smallest absolute Gasteiger partial charge is 0.290 e. The Morgan fingerprint density at radius 2 is 1.86 bits per heavy atom. The molecule has 3 aromatic rings. The number of fused-ring (bicyclic) bond motifs is 2. The number of rotatable bonds is 8. The van der Waals surface area contributed by atoms with E-state index in [9.17, 15) is 19.2 Å². The fraction of sp³-hybridized carbons (Fsp3) is 0.320. The minimum atomic E-state index is -0.636. The topological polar surface area (TPSA) is 131 Å². The van der Waals surface area contributed by atoms with Crippen molar-refractivity contribution in [2.45, 2.75) is 45.6 Å². The highest BCUT2D eigenvalue weighted by atomic mass is 16.5. The Kier molecular flexibility index (Phi) is 7.39. The number of benzene rings is 2. The number of anilines is 1. The molecule has 0 saturated heterocycles. The Bertz CT molecular complexity index is 1330. The average Bonchev–Trinajstić information content (AvgIpc) is 2.87. The third-order valence-electron chi connectivity index (χ3n) is 5.71. The Balaban J connectivity index is 1.39. The number of carbonyl (C=O) groups is 3. The molecule has 3 amide bonds. The predicted molar refractivity (Wildman–Crippen MR) is 130 cm³/mol. The second-order valence-corrected chi connectivity index (χ2v) is 8.29. The summed E-state index contributed by atoms with van der Waals surface area (Å²) in [5.74, 6) is -0.749. The van der Waals surface area contributed by atoms with Gasteiger partial charge < -0.3 is 10.1 Å². The zero-order valence-electron chi connectivity index (χ0n) is 19.4. The van der Waals surface area contributed by atoms with Gasteiger partial charge in [0.2, 0.25) is 5.91 Å². The molecule has 2 heterocycles. The average molecular weight is 478 g/mol. The zero-order chi connectivity index (χ0) is 24.8. The van der Waals surface area contributed by atoms with Crippen LogP contribution in [0.4, 0.5) is 5.69 Å². The van der Waals surface area contributed by atoms with E-state index >= 15 is 0 Å². The van der Waals surface area contributed by atoms with Gasteiger partial charge in [0.05, 0.1) is 5.39 Å². The van der Waals surface area contributed by atoms with Gasteiger partial charge in [0.25, 0.3) is 17.4 Å². The lowest BCUT2D eigenvalue weighted by molar-refractivity contribution is -0.123. The number of nitrogens with one attached hydrogen (secondary N) is 3. The Labute approximate surface area is 201 Å². The zero-order valence-corrected chi connectivity index (χ0v) is 19.4. The van der Waals surface area contributed by atoms with E-state index in [-0.39, 0.29) is 23.8 Å². The second kappa shape index (κ2) is 10.8. The van der Waals surface area contributed by atoms with E-state index in [1.165, 1.54) is 4.68 Å². The summed E-state index contributed by atoms with van der Waals surface area (Å²) >= 11 is 0. The van der Waals surface area contributed by atoms with Gasteiger partial charge in [-0.2, -0.15) is 5.10 Å². The Morgan fingerprint density at radius 3 is 2.66 bits per heavy atom. The number of aromatic nitrogens is 2. The first-order chi connectivity index (χ1) is 17.0. The van der Waals surface area contributed by atoms with Crippen LogP contribution in [0.2, 0.25) is 0 Å². The molecular formula is C25H27N5O5. The van der Waals surface area contributed by atoms with Crippen LogP contribution in [0.3, 0.4) is 0 Å². The first kappa shape index (κ1) is 23.9. The van der Waals surface area contributed by atoms with Crippen LogP contribution in [0.1, 0.15) is 48.7 Å². The number of hydrogen-bond donors (Lipinski definition) is 3. The lowest BCUT2D eigenvalue weighted by Gasteiger charge is -2.17. The standard InChI is InChI=1S/C25H27N5O5/c1-2-3-6-13-30-25(34)19-8-5-4-7-18(19)23(29-30)24(33)28-27-22(32)15-35-17-10-11-20-16(14-17)9-12-21(31)26-20/h4-5,7-8,10-11,14H,2-3,6,9,12-13,15H2,1H3,(H,26,31)(H,27,32)(H,28,33). The number of aryl methyl sites for hydroxylation is 2. The summed E-state index contributed by atoms with van der Waals surface area (Å²) < 4.78 is 6.82. The Morgan fingerprint density at radius 1 is 1.06 bits per heavy atom. The highest BCUT2D eigenvalue weighted by molar-refractivity contribution is 6.05. The van der Waals surface area contributed by atoms with Crippen LogP contribution in [0.15, 0.2) is 47.3 Å². The molecule has 10 nitrogen and oxygen atoms in total. The molecule has 2 aromatic carbocycles. The number of hydrogen-bond acceptors (Lipinski definition) is 6. The summed E-state index contributed by atoms with van der Waals surface area (Å²) in [7, 11) is 0. The summed E-state index contributed by atoms with van der Waals surface area (Å²) in [6, 6.07) is 11.9. The van der Waals surface area contributed by atoms with Crippen molar-refractivity contribution in [1.82, 2.24) is 20.6 Å². The largest absolute Gasteiger partial charge is 0.484 e. The van der Waals surface area contributed by atoms with Gasteiger partial charge in [-0.15, -0.1) is 0 Å². The molecule has 3 N–H and O–H groups in total. The van der Waals surface area contributed by atoms with Crippen molar-refractivity contribution in [2.75, 3.05) is 11.9 Å². The highest BCUT2D eigenvalue weighted by Gasteiger charge is 2.18. The van der Waals surface area contributed by atoms with E-state index in [0.717, 1.165) is 30.5 Å². The molecular weight excluding hydrogens is 450 g/mol.